The van der Waals surface area contributed by atoms with Crippen LogP contribution in [0.2, 0.25) is 0 Å². The van der Waals surface area contributed by atoms with Crippen LogP contribution in [-0.4, -0.2) is 161 Å². The van der Waals surface area contributed by atoms with Gasteiger partial charge in [-0.15, -0.1) is 0 Å². The average Bonchev–Trinajstić information content (AvgIpc) is 4.03. The molecule has 2 aliphatic heterocycles. The second-order valence-corrected chi connectivity index (χ2v) is 20.9. The van der Waals surface area contributed by atoms with Crippen LogP contribution in [0.3, 0.4) is 0 Å². The fourth-order valence-electron chi connectivity index (χ4n) is 7.95. The Kier molecular flexibility index (Phi) is 27.5. The molecule has 6 atom stereocenters. The number of guanidine groups is 2. The van der Waals surface area contributed by atoms with E-state index in [1.165, 1.54) is 9.80 Å². The number of carbonyl (C=O) groups excluding carboxylic acids is 8. The lowest BCUT2D eigenvalue weighted by atomic mass is 10.0. The average molecular weight is 1100 g/mol. The van der Waals surface area contributed by atoms with Crippen LogP contribution in [0, 0.1) is 0 Å². The molecular weight excluding hydrogens is 1020 g/mol. The largest absolute Gasteiger partial charge is 0.444 e. The highest BCUT2D eigenvalue weighted by Crippen LogP contribution is 2.22. The molecule has 2 aromatic rings. The predicted octanol–water partition coefficient (Wildman–Crippen LogP) is 1.05. The van der Waals surface area contributed by atoms with Crippen molar-refractivity contribution < 1.29 is 65.4 Å². The molecule has 27 heteroatoms. The van der Waals surface area contributed by atoms with Gasteiger partial charge in [0.15, 0.2) is 11.9 Å². The Labute approximate surface area is 449 Å². The Morgan fingerprint density at radius 2 is 0.948 bits per heavy atom. The number of nitrogens with one attached hydrogen (secondary N) is 4. The first-order chi connectivity index (χ1) is 36.0. The van der Waals surface area contributed by atoms with Gasteiger partial charge in [0, 0.05) is 39.0 Å². The molecule has 0 aromatic heterocycles. The number of likely N-dealkylation sites (tertiary alicyclic amines) is 2. The van der Waals surface area contributed by atoms with E-state index in [0.717, 1.165) is 11.1 Å². The molecule has 4 rings (SSSR count). The summed E-state index contributed by atoms with van der Waals surface area (Å²) in [4.78, 5) is 112. The van der Waals surface area contributed by atoms with E-state index < -0.39 is 81.9 Å². The van der Waals surface area contributed by atoms with Crippen LogP contribution >= 0.6 is 0 Å². The van der Waals surface area contributed by atoms with Gasteiger partial charge in [0.05, 0.1) is 12.1 Å². The molecule has 2 heterocycles. The molecule has 428 valence electrons. The van der Waals surface area contributed by atoms with E-state index in [4.69, 9.17) is 49.9 Å². The summed E-state index contributed by atoms with van der Waals surface area (Å²) >= 11 is 0. The minimum atomic E-state index is -4.67. The number of rotatable bonds is 22. The lowest BCUT2D eigenvalue weighted by Crippen LogP contribution is -2.55. The second kappa shape index (κ2) is 32.3. The summed E-state index contributed by atoms with van der Waals surface area (Å²) in [5.74, 6) is -1.64. The van der Waals surface area contributed by atoms with Gasteiger partial charge in [0.25, 0.3) is 0 Å². The van der Waals surface area contributed by atoms with Crippen molar-refractivity contribution in [2.75, 3.05) is 26.2 Å². The van der Waals surface area contributed by atoms with Gasteiger partial charge in [0.2, 0.25) is 23.6 Å². The van der Waals surface area contributed by atoms with Crippen molar-refractivity contribution in [3.8, 4) is 0 Å². The van der Waals surface area contributed by atoms with Crippen molar-refractivity contribution >= 4 is 70.7 Å². The molecule has 77 heavy (non-hydrogen) atoms. The van der Waals surface area contributed by atoms with Crippen molar-refractivity contribution in [2.45, 2.75) is 153 Å². The summed E-state index contributed by atoms with van der Waals surface area (Å²) in [5, 5.41) is 10.8. The monoisotopic (exact) mass is 1100 g/mol. The van der Waals surface area contributed by atoms with Gasteiger partial charge in [-0.05, 0) is 104 Å². The normalized spacial score (nSPS) is 16.6. The summed E-state index contributed by atoms with van der Waals surface area (Å²) in [6, 6.07) is 13.8. The Hall–Kier alpha value is -7.39. The van der Waals surface area contributed by atoms with Crippen LogP contribution in [0.25, 0.3) is 0 Å². The second-order valence-electron chi connectivity index (χ2n) is 20.0. The van der Waals surface area contributed by atoms with E-state index in [0.29, 0.717) is 90.1 Å². The maximum Gasteiger partial charge on any atom is 0.408 e. The third-order valence-corrected chi connectivity index (χ3v) is 11.1. The molecule has 26 nitrogen and oxygen atoms in total. The zero-order valence-electron chi connectivity index (χ0n) is 44.6. The number of nitrogens with zero attached hydrogens (tertiary/aromatic N) is 4. The molecule has 0 bridgehead atoms. The van der Waals surface area contributed by atoms with Gasteiger partial charge in [-0.1, -0.05) is 60.7 Å². The lowest BCUT2D eigenvalue weighted by molar-refractivity contribution is -0.140. The Balaban J connectivity index is 0.000000484. The first-order valence-electron chi connectivity index (χ1n) is 25.0. The molecule has 2 aromatic carbocycles. The smallest absolute Gasteiger partial charge is 0.408 e. The van der Waals surface area contributed by atoms with E-state index in [1.807, 2.05) is 60.7 Å². The van der Waals surface area contributed by atoms with Crippen LogP contribution in [0.1, 0.15) is 104 Å². The van der Waals surface area contributed by atoms with Gasteiger partial charge in [0.1, 0.15) is 47.9 Å². The zero-order valence-corrected chi connectivity index (χ0v) is 45.4. The minimum Gasteiger partial charge on any atom is -0.444 e. The van der Waals surface area contributed by atoms with Crippen LogP contribution < -0.4 is 44.2 Å². The molecule has 0 saturated carbocycles. The number of hydrogen-bond donors (Lipinski definition) is 10. The number of alkyl carbamates (subject to hydrolysis) is 2. The van der Waals surface area contributed by atoms with Crippen molar-refractivity contribution in [3.05, 3.63) is 71.8 Å². The van der Waals surface area contributed by atoms with Gasteiger partial charge < -0.3 is 73.1 Å². The first-order valence-corrected chi connectivity index (χ1v) is 26.4. The first kappa shape index (κ1) is 65.7. The molecule has 0 aliphatic carbocycles. The quantitative estimate of drug-likeness (QED) is 0.0259. The summed E-state index contributed by atoms with van der Waals surface area (Å²) < 4.78 is 42.3. The van der Waals surface area contributed by atoms with Crippen LogP contribution in [0.15, 0.2) is 70.6 Å². The summed E-state index contributed by atoms with van der Waals surface area (Å²) in [5.41, 5.74) is 21.4. The maximum absolute atomic E-state index is 13.6. The summed E-state index contributed by atoms with van der Waals surface area (Å²) in [7, 11) is -4.67. The molecule has 6 amide bonds. The minimum absolute atomic E-state index is 0.0353. The van der Waals surface area contributed by atoms with E-state index in [-0.39, 0.29) is 36.6 Å². The highest BCUT2D eigenvalue weighted by atomic mass is 32.3. The van der Waals surface area contributed by atoms with Gasteiger partial charge in [-0.3, -0.25) is 38.3 Å². The highest BCUT2D eigenvalue weighted by molar-refractivity contribution is 7.79. The predicted molar refractivity (Wildman–Crippen MR) is 286 cm³/mol. The number of hydrogen-bond acceptors (Lipinski definition) is 14. The standard InChI is InChI=1S/2C25H38N6O5.H2O4S/c2*1-25(2,3)36-24(35)30-19(15-17-9-5-4-6-10-17)22(34)31-14-8-12-20(31)21(33)29-18(16-32)11-7-13-28-23(26)27;1-5(2,3)4/h2*4-6,9-10,16,18-20H,7-8,11-15H2,1-3H3,(H,29,33)(H,30,35)(H4,26,27,28);(H2,1,2,3,4)/t2*18-,19+,20-;/m00./s1. The number of nitrogens with two attached hydrogens (primary N) is 4. The van der Waals surface area contributed by atoms with Gasteiger partial charge in [-0.25, -0.2) is 9.59 Å². The number of benzene rings is 2. The molecule has 2 fully saturated rings. The Morgan fingerprint density at radius 1 is 0.623 bits per heavy atom. The molecule has 0 unspecified atom stereocenters. The molecule has 0 spiro atoms. The van der Waals surface area contributed by atoms with Crippen LogP contribution in [-0.2, 0) is 61.5 Å². The van der Waals surface area contributed by atoms with Crippen LogP contribution in [0.4, 0.5) is 9.59 Å². The third kappa shape index (κ3) is 27.8. The van der Waals surface area contributed by atoms with Crippen LogP contribution in [0.5, 0.6) is 0 Å². The Morgan fingerprint density at radius 3 is 1.23 bits per heavy atom. The van der Waals surface area contributed by atoms with Gasteiger partial charge in [-0.2, -0.15) is 8.42 Å². The summed E-state index contributed by atoms with van der Waals surface area (Å²) in [6.45, 7) is 11.9. The summed E-state index contributed by atoms with van der Waals surface area (Å²) in [6.07, 6.45) is 4.31. The number of amides is 6. The van der Waals surface area contributed by atoms with Crippen molar-refractivity contribution in [1.29, 1.82) is 0 Å². The van der Waals surface area contributed by atoms with Gasteiger partial charge >= 0.3 is 22.6 Å². The molecule has 2 aliphatic rings. The highest BCUT2D eigenvalue weighted by Gasteiger charge is 2.40. The van der Waals surface area contributed by atoms with E-state index in [9.17, 15) is 38.4 Å². The number of aldehydes is 2. The van der Waals surface area contributed by atoms with Crippen molar-refractivity contribution in [1.82, 2.24) is 31.1 Å². The fraction of sp³-hybridized carbons (Fsp3) is 0.560. The molecule has 0 radical (unpaired) electrons. The Bertz CT molecular complexity index is 2250. The lowest BCUT2D eigenvalue weighted by Gasteiger charge is -2.30. The zero-order chi connectivity index (χ0) is 57.9. The number of ether oxygens (including phenoxy) is 2. The van der Waals surface area contributed by atoms with E-state index in [2.05, 4.69) is 31.3 Å². The van der Waals surface area contributed by atoms with Crippen molar-refractivity contribution in [2.24, 2.45) is 32.9 Å². The maximum atomic E-state index is 13.6. The van der Waals surface area contributed by atoms with E-state index >= 15 is 0 Å². The fourth-order valence-corrected chi connectivity index (χ4v) is 7.95. The topological polar surface area (TPSA) is 413 Å². The number of carbonyl (C=O) groups is 8. The van der Waals surface area contributed by atoms with Crippen molar-refractivity contribution in [3.63, 3.8) is 0 Å². The molecular formula is C50H78N12O14S. The SMILES string of the molecule is CC(C)(C)OC(=O)N[C@H](Cc1ccccc1)C(=O)N1CCC[C@H]1C(=O)N[C@H](C=O)CCCN=C(N)N.CC(C)(C)OC(=O)N[C@H](Cc1ccccc1)C(=O)N1CCC[C@H]1C(=O)N[C@H](C=O)CCCN=C(N)N.O=S(=O)(O)O. The molecule has 14 N–H and O–H groups in total. The number of aliphatic imine (C=N–C) groups is 2. The third-order valence-electron chi connectivity index (χ3n) is 11.1. The molecule has 2 saturated heterocycles. The van der Waals surface area contributed by atoms with E-state index in [1.54, 1.807) is 41.5 Å².